The normalized spacial score (nSPS) is 20.3. The summed E-state index contributed by atoms with van der Waals surface area (Å²) in [5, 5.41) is 1.50. The van der Waals surface area contributed by atoms with Gasteiger partial charge in [0.05, 0.1) is 12.0 Å². The molecule has 3 rings (SSSR count). The van der Waals surface area contributed by atoms with Gasteiger partial charge in [-0.2, -0.15) is 4.31 Å². The van der Waals surface area contributed by atoms with Crippen LogP contribution < -0.4 is 4.90 Å². The van der Waals surface area contributed by atoms with Gasteiger partial charge in [-0.15, -0.1) is 0 Å². The summed E-state index contributed by atoms with van der Waals surface area (Å²) in [7, 11) is 1.35. The van der Waals surface area contributed by atoms with Gasteiger partial charge >= 0.3 is 5.97 Å². The van der Waals surface area contributed by atoms with Crippen molar-refractivity contribution < 1.29 is 17.9 Å². The minimum Gasteiger partial charge on any atom is -0.468 e. The third-order valence-corrected chi connectivity index (χ3v) is 5.90. The standard InChI is InChI=1S/C16H18N2O4S/c1-17(2)13-8-9-15(12-7-5-4-6-11(12)13)23(20,21)18-10-14(18)16(19)22-3/h4-9,14H,10H2,1-3H3. The van der Waals surface area contributed by atoms with E-state index in [2.05, 4.69) is 4.74 Å². The maximum atomic E-state index is 12.8. The van der Waals surface area contributed by atoms with Gasteiger partial charge < -0.3 is 9.64 Å². The van der Waals surface area contributed by atoms with Crippen molar-refractivity contribution in [2.75, 3.05) is 32.6 Å². The second-order valence-corrected chi connectivity index (χ2v) is 7.50. The first kappa shape index (κ1) is 15.8. The Morgan fingerprint density at radius 1 is 1.17 bits per heavy atom. The molecule has 0 radical (unpaired) electrons. The third-order valence-electron chi connectivity index (χ3n) is 3.97. The molecule has 2 aromatic rings. The molecule has 6 nitrogen and oxygen atoms in total. The first-order valence-corrected chi connectivity index (χ1v) is 8.60. The van der Waals surface area contributed by atoms with E-state index in [0.29, 0.717) is 5.39 Å². The van der Waals surface area contributed by atoms with Gasteiger partial charge in [-0.25, -0.2) is 8.42 Å². The zero-order valence-electron chi connectivity index (χ0n) is 13.2. The summed E-state index contributed by atoms with van der Waals surface area (Å²) in [5.74, 6) is -0.525. The van der Waals surface area contributed by atoms with E-state index in [1.807, 2.05) is 31.1 Å². The van der Waals surface area contributed by atoms with Gasteiger partial charge in [0.25, 0.3) is 0 Å². The highest BCUT2D eigenvalue weighted by Gasteiger charge is 2.50. The minimum atomic E-state index is -3.73. The Morgan fingerprint density at radius 3 is 2.43 bits per heavy atom. The molecule has 0 saturated carbocycles. The molecular weight excluding hydrogens is 316 g/mol. The molecule has 0 amide bonds. The van der Waals surface area contributed by atoms with Crippen LogP contribution in [0.5, 0.6) is 0 Å². The monoisotopic (exact) mass is 334 g/mol. The molecule has 1 saturated heterocycles. The largest absolute Gasteiger partial charge is 0.468 e. The van der Waals surface area contributed by atoms with Crippen LogP contribution in [0, 0.1) is 0 Å². The lowest BCUT2D eigenvalue weighted by molar-refractivity contribution is -0.140. The Balaban J connectivity index is 2.11. The van der Waals surface area contributed by atoms with Crippen LogP contribution in [0.2, 0.25) is 0 Å². The van der Waals surface area contributed by atoms with Crippen molar-refractivity contribution in [1.29, 1.82) is 0 Å². The van der Waals surface area contributed by atoms with Crippen molar-refractivity contribution in [3.63, 3.8) is 0 Å². The summed E-state index contributed by atoms with van der Waals surface area (Å²) < 4.78 is 31.4. The predicted molar refractivity (Wildman–Crippen MR) is 88.0 cm³/mol. The molecule has 1 heterocycles. The lowest BCUT2D eigenvalue weighted by Gasteiger charge is -2.17. The van der Waals surface area contributed by atoms with Crippen LogP contribution in [-0.4, -0.2) is 52.5 Å². The van der Waals surface area contributed by atoms with Gasteiger partial charge in [-0.3, -0.25) is 4.79 Å². The molecule has 1 aliphatic rings. The molecule has 7 heteroatoms. The van der Waals surface area contributed by atoms with Crippen LogP contribution in [0.4, 0.5) is 5.69 Å². The smallest absolute Gasteiger partial charge is 0.325 e. The van der Waals surface area contributed by atoms with Crippen molar-refractivity contribution in [3.05, 3.63) is 36.4 Å². The summed E-state index contributed by atoms with van der Waals surface area (Å²) in [5.41, 5.74) is 0.940. The highest BCUT2D eigenvalue weighted by molar-refractivity contribution is 7.89. The van der Waals surface area contributed by atoms with Gasteiger partial charge in [0.1, 0.15) is 6.04 Å². The number of esters is 1. The molecule has 23 heavy (non-hydrogen) atoms. The molecule has 122 valence electrons. The van der Waals surface area contributed by atoms with E-state index in [1.54, 1.807) is 24.3 Å². The van der Waals surface area contributed by atoms with Crippen LogP contribution in [-0.2, 0) is 19.6 Å². The van der Waals surface area contributed by atoms with Gasteiger partial charge in [0.2, 0.25) is 10.0 Å². The Morgan fingerprint density at radius 2 is 1.83 bits per heavy atom. The van der Waals surface area contributed by atoms with E-state index < -0.39 is 22.0 Å². The van der Waals surface area contributed by atoms with Gasteiger partial charge in [-0.1, -0.05) is 24.3 Å². The van der Waals surface area contributed by atoms with Crippen molar-refractivity contribution in [2.24, 2.45) is 0 Å². The van der Waals surface area contributed by atoms with E-state index >= 15 is 0 Å². The number of ether oxygens (including phenoxy) is 1. The first-order valence-electron chi connectivity index (χ1n) is 7.16. The maximum absolute atomic E-state index is 12.8. The lowest BCUT2D eigenvalue weighted by atomic mass is 10.1. The van der Waals surface area contributed by atoms with Crippen LogP contribution in [0.25, 0.3) is 10.8 Å². The fraction of sp³-hybridized carbons (Fsp3) is 0.312. The summed E-state index contributed by atoms with van der Waals surface area (Å²) in [6.45, 7) is 0.165. The second-order valence-electron chi connectivity index (χ2n) is 5.64. The summed E-state index contributed by atoms with van der Waals surface area (Å²) in [4.78, 5) is 13.7. The molecule has 2 unspecified atom stereocenters. The van der Waals surface area contributed by atoms with E-state index in [9.17, 15) is 13.2 Å². The summed E-state index contributed by atoms with van der Waals surface area (Å²) in [6.07, 6.45) is 0. The molecule has 0 aromatic heterocycles. The number of hydrogen-bond acceptors (Lipinski definition) is 5. The van der Waals surface area contributed by atoms with Crippen molar-refractivity contribution >= 4 is 32.5 Å². The van der Waals surface area contributed by atoms with Crippen molar-refractivity contribution in [1.82, 2.24) is 4.31 Å². The first-order chi connectivity index (χ1) is 10.9. The molecular formula is C16H18N2O4S. The zero-order chi connectivity index (χ0) is 16.8. The third kappa shape index (κ3) is 2.55. The van der Waals surface area contributed by atoms with Crippen LogP contribution in [0.3, 0.4) is 0 Å². The highest BCUT2D eigenvalue weighted by atomic mass is 32.2. The lowest BCUT2D eigenvalue weighted by Crippen LogP contribution is -2.20. The number of carbonyl (C=O) groups is 1. The van der Waals surface area contributed by atoms with E-state index in [0.717, 1.165) is 15.4 Å². The molecule has 2 aromatic carbocycles. The van der Waals surface area contributed by atoms with Crippen molar-refractivity contribution in [2.45, 2.75) is 10.9 Å². The van der Waals surface area contributed by atoms with Gasteiger partial charge in [0, 0.05) is 37.1 Å². The summed E-state index contributed by atoms with van der Waals surface area (Å²) >= 11 is 0. The molecule has 0 N–H and O–H groups in total. The summed E-state index contributed by atoms with van der Waals surface area (Å²) in [6, 6.07) is 10.0. The predicted octanol–water partition coefficient (Wildman–Crippen LogP) is 1.45. The van der Waals surface area contributed by atoms with Gasteiger partial charge in [0.15, 0.2) is 0 Å². The number of fused-ring (bicyclic) bond motifs is 1. The van der Waals surface area contributed by atoms with Gasteiger partial charge in [-0.05, 0) is 12.1 Å². The fourth-order valence-electron chi connectivity index (χ4n) is 2.71. The maximum Gasteiger partial charge on any atom is 0.325 e. The average molecular weight is 334 g/mol. The molecule has 1 fully saturated rings. The molecule has 2 atom stereocenters. The van der Waals surface area contributed by atoms with Crippen LogP contribution in [0.15, 0.2) is 41.3 Å². The molecule has 0 spiro atoms. The Hall–Kier alpha value is -2.12. The van der Waals surface area contributed by atoms with Crippen LogP contribution in [0.1, 0.15) is 0 Å². The number of anilines is 1. The van der Waals surface area contributed by atoms with E-state index in [4.69, 9.17) is 0 Å². The number of rotatable bonds is 4. The molecule has 0 bridgehead atoms. The average Bonchev–Trinajstić information content (AvgIpc) is 3.34. The number of hydrogen-bond donors (Lipinski definition) is 0. The van der Waals surface area contributed by atoms with Crippen molar-refractivity contribution in [3.8, 4) is 0 Å². The Bertz CT molecular complexity index is 877. The number of methoxy groups -OCH3 is 1. The topological polar surface area (TPSA) is 66.7 Å². The quantitative estimate of drug-likeness (QED) is 0.625. The highest BCUT2D eigenvalue weighted by Crippen LogP contribution is 2.36. The number of carbonyl (C=O) groups excluding carboxylic acids is 1. The second kappa shape index (κ2) is 5.50. The number of benzene rings is 2. The zero-order valence-corrected chi connectivity index (χ0v) is 14.0. The van der Waals surface area contributed by atoms with Crippen LogP contribution >= 0.6 is 0 Å². The molecule has 0 aliphatic carbocycles. The Kier molecular flexibility index (Phi) is 3.77. The number of nitrogens with zero attached hydrogens (tertiary/aromatic N) is 2. The Labute approximate surface area is 135 Å². The van der Waals surface area contributed by atoms with E-state index in [1.165, 1.54) is 7.11 Å². The van der Waals surface area contributed by atoms with E-state index in [-0.39, 0.29) is 11.4 Å². The minimum absolute atomic E-state index is 0.165. The SMILES string of the molecule is COC(=O)C1CN1S(=O)(=O)c1ccc(N(C)C)c2ccccc12. The fourth-order valence-corrected chi connectivity index (χ4v) is 4.42. The number of sulfonamides is 1. The molecule has 1 aliphatic heterocycles.